The molecule has 5 nitrogen and oxygen atoms in total. The van der Waals surface area contributed by atoms with Crippen LogP contribution in [-0.4, -0.2) is 34.0 Å². The Bertz CT molecular complexity index is 615. The third-order valence-corrected chi connectivity index (χ3v) is 3.71. The zero-order chi connectivity index (χ0) is 14.8. The van der Waals surface area contributed by atoms with Crippen molar-refractivity contribution in [3.8, 4) is 0 Å². The van der Waals surface area contributed by atoms with Crippen LogP contribution in [0.2, 0.25) is 0 Å². The maximum absolute atomic E-state index is 12.3. The molecule has 1 aliphatic heterocycles. The minimum atomic E-state index is -0.0716. The first-order valence-corrected chi connectivity index (χ1v) is 7.28. The zero-order valence-corrected chi connectivity index (χ0v) is 12.3. The first-order valence-electron chi connectivity index (χ1n) is 7.28. The van der Waals surface area contributed by atoms with E-state index in [1.807, 2.05) is 12.3 Å². The number of hydrogen-bond acceptors (Lipinski definition) is 4. The molecule has 1 aliphatic rings. The summed E-state index contributed by atoms with van der Waals surface area (Å²) in [6.45, 7) is 5.66. The third kappa shape index (κ3) is 2.96. The molecule has 2 aromatic rings. The molecule has 1 saturated heterocycles. The molecule has 0 unspecified atom stereocenters. The first kappa shape index (κ1) is 13.8. The topological polar surface area (TPSA) is 59.2 Å². The number of nitrogens with zero attached hydrogens (tertiary/aromatic N) is 3. The van der Waals surface area contributed by atoms with Crippen LogP contribution in [0.15, 0.2) is 35.1 Å². The van der Waals surface area contributed by atoms with Gasteiger partial charge in [-0.1, -0.05) is 25.1 Å². The summed E-state index contributed by atoms with van der Waals surface area (Å²) in [6.07, 6.45) is 4.45. The number of rotatable bonds is 4. The zero-order valence-electron chi connectivity index (χ0n) is 12.3. The smallest absolute Gasteiger partial charge is 0.292 e. The predicted octanol–water partition coefficient (Wildman–Crippen LogP) is 2.51. The molecule has 1 amide bonds. The molecular formula is C16H19N3O2. The maximum Gasteiger partial charge on any atom is 0.292 e. The van der Waals surface area contributed by atoms with E-state index in [-0.39, 0.29) is 5.91 Å². The van der Waals surface area contributed by atoms with E-state index >= 15 is 0 Å². The van der Waals surface area contributed by atoms with Crippen molar-refractivity contribution in [3.63, 3.8) is 0 Å². The van der Waals surface area contributed by atoms with E-state index in [4.69, 9.17) is 4.52 Å². The Kier molecular flexibility index (Phi) is 3.73. The van der Waals surface area contributed by atoms with Gasteiger partial charge in [0, 0.05) is 37.5 Å². The van der Waals surface area contributed by atoms with Crippen LogP contribution in [0, 0.1) is 5.92 Å². The number of likely N-dealkylation sites (tertiary alicyclic amines) is 1. The number of pyridine rings is 1. The third-order valence-electron chi connectivity index (χ3n) is 3.71. The van der Waals surface area contributed by atoms with Gasteiger partial charge in [-0.25, -0.2) is 0 Å². The van der Waals surface area contributed by atoms with Gasteiger partial charge >= 0.3 is 0 Å². The van der Waals surface area contributed by atoms with E-state index in [9.17, 15) is 4.79 Å². The molecule has 0 bridgehead atoms. The Morgan fingerprint density at radius 2 is 2.29 bits per heavy atom. The molecule has 0 saturated carbocycles. The lowest BCUT2D eigenvalue weighted by Crippen LogP contribution is -2.48. The van der Waals surface area contributed by atoms with Gasteiger partial charge in [-0.15, -0.1) is 0 Å². The Labute approximate surface area is 124 Å². The van der Waals surface area contributed by atoms with E-state index in [1.165, 1.54) is 5.56 Å². The highest BCUT2D eigenvalue weighted by Crippen LogP contribution is 2.27. The molecular weight excluding hydrogens is 266 g/mol. The summed E-state index contributed by atoms with van der Waals surface area (Å²) in [4.78, 5) is 18.2. The summed E-state index contributed by atoms with van der Waals surface area (Å²) in [5, 5.41) is 3.96. The van der Waals surface area contributed by atoms with Gasteiger partial charge in [0.05, 0.1) is 5.69 Å². The molecule has 0 aromatic carbocycles. The lowest BCUT2D eigenvalue weighted by atomic mass is 9.92. The second-order valence-corrected chi connectivity index (χ2v) is 5.97. The first-order chi connectivity index (χ1) is 10.1. The van der Waals surface area contributed by atoms with Crippen molar-refractivity contribution < 1.29 is 9.32 Å². The van der Waals surface area contributed by atoms with E-state index in [0.717, 1.165) is 12.1 Å². The second-order valence-electron chi connectivity index (χ2n) is 5.97. The predicted molar refractivity (Wildman–Crippen MR) is 77.9 cm³/mol. The Morgan fingerprint density at radius 1 is 1.48 bits per heavy atom. The van der Waals surface area contributed by atoms with Gasteiger partial charge in [-0.3, -0.25) is 9.78 Å². The van der Waals surface area contributed by atoms with Crippen molar-refractivity contribution in [2.75, 3.05) is 13.1 Å². The van der Waals surface area contributed by atoms with Crippen molar-refractivity contribution in [1.29, 1.82) is 0 Å². The molecule has 1 fully saturated rings. The minimum absolute atomic E-state index is 0.0716. The van der Waals surface area contributed by atoms with E-state index in [1.54, 1.807) is 17.2 Å². The summed E-state index contributed by atoms with van der Waals surface area (Å²) in [5.74, 6) is 1.14. The van der Waals surface area contributed by atoms with Gasteiger partial charge in [0.15, 0.2) is 0 Å². The average molecular weight is 285 g/mol. The van der Waals surface area contributed by atoms with Crippen LogP contribution in [0.4, 0.5) is 0 Å². The molecule has 0 atom stereocenters. The number of carbonyl (C=O) groups excluding carboxylic acids is 1. The largest absolute Gasteiger partial charge is 0.351 e. The Hall–Kier alpha value is -2.17. The summed E-state index contributed by atoms with van der Waals surface area (Å²) in [7, 11) is 0. The van der Waals surface area contributed by atoms with Gasteiger partial charge in [-0.05, 0) is 24.0 Å². The van der Waals surface area contributed by atoms with Crippen molar-refractivity contribution in [2.24, 2.45) is 5.92 Å². The maximum atomic E-state index is 12.3. The van der Waals surface area contributed by atoms with Crippen molar-refractivity contribution >= 4 is 5.91 Å². The van der Waals surface area contributed by atoms with Gasteiger partial charge < -0.3 is 9.42 Å². The monoisotopic (exact) mass is 285 g/mol. The van der Waals surface area contributed by atoms with Crippen molar-refractivity contribution in [3.05, 3.63) is 47.6 Å². The minimum Gasteiger partial charge on any atom is -0.351 e. The Morgan fingerprint density at radius 3 is 2.95 bits per heavy atom. The van der Waals surface area contributed by atoms with Gasteiger partial charge in [0.1, 0.15) is 0 Å². The molecule has 0 N–H and O–H groups in total. The summed E-state index contributed by atoms with van der Waals surface area (Å²) < 4.78 is 5.17. The van der Waals surface area contributed by atoms with Crippen LogP contribution in [0.1, 0.15) is 41.6 Å². The Balaban J connectivity index is 1.59. The van der Waals surface area contributed by atoms with Crippen LogP contribution < -0.4 is 0 Å². The average Bonchev–Trinajstić information content (AvgIpc) is 2.86. The van der Waals surface area contributed by atoms with Crippen molar-refractivity contribution in [2.45, 2.75) is 26.2 Å². The van der Waals surface area contributed by atoms with Gasteiger partial charge in [0.2, 0.25) is 5.76 Å². The second kappa shape index (κ2) is 5.68. The van der Waals surface area contributed by atoms with Gasteiger partial charge in [0.25, 0.3) is 5.91 Å². The number of hydrogen-bond donors (Lipinski definition) is 0. The highest BCUT2D eigenvalue weighted by molar-refractivity contribution is 5.92. The molecule has 0 aliphatic carbocycles. The fraction of sp³-hybridized carbons (Fsp3) is 0.438. The molecule has 3 rings (SSSR count). The summed E-state index contributed by atoms with van der Waals surface area (Å²) in [6, 6.07) is 5.74. The SMILES string of the molecule is CC(C)Cc1cc(C(=O)N2CC(c3cccnc3)C2)on1. The molecule has 21 heavy (non-hydrogen) atoms. The fourth-order valence-corrected chi connectivity index (χ4v) is 2.56. The lowest BCUT2D eigenvalue weighted by molar-refractivity contribution is 0.0559. The van der Waals surface area contributed by atoms with Crippen LogP contribution in [-0.2, 0) is 6.42 Å². The summed E-state index contributed by atoms with van der Waals surface area (Å²) >= 11 is 0. The molecule has 3 heterocycles. The number of aromatic nitrogens is 2. The normalized spacial score (nSPS) is 15.3. The van der Waals surface area contributed by atoms with E-state index in [0.29, 0.717) is 30.7 Å². The van der Waals surface area contributed by atoms with Crippen LogP contribution in [0.3, 0.4) is 0 Å². The summed E-state index contributed by atoms with van der Waals surface area (Å²) in [5.41, 5.74) is 2.03. The van der Waals surface area contributed by atoms with Crippen LogP contribution >= 0.6 is 0 Å². The molecule has 2 aromatic heterocycles. The van der Waals surface area contributed by atoms with Crippen LogP contribution in [0.5, 0.6) is 0 Å². The van der Waals surface area contributed by atoms with E-state index in [2.05, 4.69) is 30.1 Å². The fourth-order valence-electron chi connectivity index (χ4n) is 2.56. The molecule has 110 valence electrons. The number of carbonyl (C=O) groups is 1. The standard InChI is InChI=1S/C16H19N3O2/c1-11(2)6-14-7-15(21-18-14)16(20)19-9-13(10-19)12-4-3-5-17-8-12/h3-5,7-8,11,13H,6,9-10H2,1-2H3. The lowest BCUT2D eigenvalue weighted by Gasteiger charge is -2.38. The molecule has 5 heteroatoms. The highest BCUT2D eigenvalue weighted by Gasteiger charge is 2.34. The highest BCUT2D eigenvalue weighted by atomic mass is 16.5. The van der Waals surface area contributed by atoms with Crippen LogP contribution in [0.25, 0.3) is 0 Å². The van der Waals surface area contributed by atoms with Crippen molar-refractivity contribution in [1.82, 2.24) is 15.0 Å². The van der Waals surface area contributed by atoms with Gasteiger partial charge in [-0.2, -0.15) is 0 Å². The number of amides is 1. The van der Waals surface area contributed by atoms with E-state index < -0.39 is 0 Å². The quantitative estimate of drug-likeness (QED) is 0.866. The molecule has 0 spiro atoms. The molecule has 0 radical (unpaired) electrons.